The van der Waals surface area contributed by atoms with Gasteiger partial charge in [-0.25, -0.2) is 4.99 Å². The maximum atomic E-state index is 5.95. The molecule has 1 aromatic heterocycles. The first-order valence-electron chi connectivity index (χ1n) is 7.11. The number of nitrogens with one attached hydrogen (secondary N) is 1. The second-order valence-electron chi connectivity index (χ2n) is 5.49. The van der Waals surface area contributed by atoms with Crippen LogP contribution in [0.4, 0.5) is 5.69 Å². The predicted molar refractivity (Wildman–Crippen MR) is 87.4 cm³/mol. The van der Waals surface area contributed by atoms with E-state index < -0.39 is 0 Å². The molecule has 0 spiro atoms. The molecule has 0 aliphatic heterocycles. The maximum absolute atomic E-state index is 5.95. The maximum Gasteiger partial charge on any atom is 0.193 e. The number of aryl methyl sites for hydroxylation is 1. The Balaban J connectivity index is 2.03. The Morgan fingerprint density at radius 1 is 1.43 bits per heavy atom. The van der Waals surface area contributed by atoms with Gasteiger partial charge in [0, 0.05) is 24.0 Å². The van der Waals surface area contributed by atoms with Gasteiger partial charge in [-0.05, 0) is 30.5 Å². The number of aliphatic imine (C=N–C) groups is 1. The van der Waals surface area contributed by atoms with Crippen molar-refractivity contribution in [1.29, 1.82) is 0 Å². The van der Waals surface area contributed by atoms with E-state index in [0.29, 0.717) is 18.4 Å². The molecule has 0 aliphatic carbocycles. The summed E-state index contributed by atoms with van der Waals surface area (Å²) in [7, 11) is 1.92. The lowest BCUT2D eigenvalue weighted by molar-refractivity contribution is 0.737. The van der Waals surface area contributed by atoms with E-state index in [0.717, 1.165) is 16.9 Å². The van der Waals surface area contributed by atoms with E-state index in [-0.39, 0.29) is 0 Å². The van der Waals surface area contributed by atoms with Crippen LogP contribution in [0, 0.1) is 6.92 Å². The third-order valence-corrected chi connectivity index (χ3v) is 3.58. The van der Waals surface area contributed by atoms with Crippen LogP contribution in [0.3, 0.4) is 0 Å². The van der Waals surface area contributed by atoms with Crippen molar-refractivity contribution < 1.29 is 0 Å². The molecule has 0 radical (unpaired) electrons. The van der Waals surface area contributed by atoms with E-state index in [4.69, 9.17) is 5.73 Å². The zero-order valence-electron chi connectivity index (χ0n) is 13.1. The molecule has 5 heteroatoms. The summed E-state index contributed by atoms with van der Waals surface area (Å²) in [6.07, 6.45) is 1.82. The topological polar surface area (TPSA) is 68.2 Å². The molecule has 21 heavy (non-hydrogen) atoms. The van der Waals surface area contributed by atoms with E-state index >= 15 is 0 Å². The summed E-state index contributed by atoms with van der Waals surface area (Å²) >= 11 is 0. The quantitative estimate of drug-likeness (QED) is 0.670. The lowest BCUT2D eigenvalue weighted by atomic mass is 10.0. The van der Waals surface area contributed by atoms with Crippen LogP contribution in [0.2, 0.25) is 0 Å². The summed E-state index contributed by atoms with van der Waals surface area (Å²) in [6.45, 7) is 6.89. The van der Waals surface area contributed by atoms with E-state index in [1.807, 2.05) is 37.0 Å². The standard InChI is InChI=1S/C16H23N5/c1-11(2)13-6-5-7-15(8-13)20-16(17)18-9-14-10-19-21(4)12(14)3/h5-8,10-11H,9H2,1-4H3,(H3,17,18,20). The van der Waals surface area contributed by atoms with Gasteiger partial charge >= 0.3 is 0 Å². The molecule has 3 N–H and O–H groups in total. The molecular weight excluding hydrogens is 262 g/mol. The smallest absolute Gasteiger partial charge is 0.193 e. The molecule has 1 heterocycles. The monoisotopic (exact) mass is 285 g/mol. The normalized spacial score (nSPS) is 12.0. The largest absolute Gasteiger partial charge is 0.370 e. The Morgan fingerprint density at radius 3 is 2.81 bits per heavy atom. The Bertz CT molecular complexity index is 640. The molecular formula is C16H23N5. The number of hydrogen-bond donors (Lipinski definition) is 2. The zero-order valence-corrected chi connectivity index (χ0v) is 13.1. The summed E-state index contributed by atoms with van der Waals surface area (Å²) in [5, 5.41) is 7.33. The van der Waals surface area contributed by atoms with Gasteiger partial charge < -0.3 is 11.1 Å². The van der Waals surface area contributed by atoms with Crippen LogP contribution in [-0.2, 0) is 13.6 Å². The molecule has 1 aromatic carbocycles. The highest BCUT2D eigenvalue weighted by Gasteiger charge is 2.04. The average molecular weight is 285 g/mol. The summed E-state index contributed by atoms with van der Waals surface area (Å²) in [5.74, 6) is 0.905. The van der Waals surface area contributed by atoms with Gasteiger partial charge in [0.15, 0.2) is 5.96 Å². The van der Waals surface area contributed by atoms with Crippen LogP contribution in [0.5, 0.6) is 0 Å². The number of guanidine groups is 1. The first kappa shape index (κ1) is 15.1. The number of aromatic nitrogens is 2. The van der Waals surface area contributed by atoms with Crippen LogP contribution in [0.25, 0.3) is 0 Å². The van der Waals surface area contributed by atoms with Crippen LogP contribution in [0.15, 0.2) is 35.5 Å². The number of benzene rings is 1. The number of anilines is 1. The van der Waals surface area contributed by atoms with Crippen molar-refractivity contribution in [1.82, 2.24) is 9.78 Å². The van der Waals surface area contributed by atoms with Crippen molar-refractivity contribution in [3.8, 4) is 0 Å². The summed E-state index contributed by atoms with van der Waals surface area (Å²) in [5.41, 5.74) is 10.4. The van der Waals surface area contributed by atoms with Gasteiger partial charge in [-0.1, -0.05) is 26.0 Å². The number of rotatable bonds is 4. The Morgan fingerprint density at radius 2 is 2.19 bits per heavy atom. The zero-order chi connectivity index (χ0) is 15.4. The average Bonchev–Trinajstić information content (AvgIpc) is 2.77. The van der Waals surface area contributed by atoms with Crippen molar-refractivity contribution >= 4 is 11.6 Å². The SMILES string of the molecule is Cc1c(CN=C(N)Nc2cccc(C(C)C)c2)cnn1C. The van der Waals surface area contributed by atoms with Gasteiger partial charge in [-0.3, -0.25) is 4.68 Å². The fourth-order valence-electron chi connectivity index (χ4n) is 2.03. The minimum Gasteiger partial charge on any atom is -0.370 e. The van der Waals surface area contributed by atoms with Gasteiger partial charge in [0.1, 0.15) is 0 Å². The van der Waals surface area contributed by atoms with E-state index in [1.165, 1.54) is 5.56 Å². The number of hydrogen-bond acceptors (Lipinski definition) is 2. The Hall–Kier alpha value is -2.30. The first-order valence-corrected chi connectivity index (χ1v) is 7.11. The molecule has 0 bridgehead atoms. The molecule has 2 rings (SSSR count). The molecule has 5 nitrogen and oxygen atoms in total. The highest BCUT2D eigenvalue weighted by molar-refractivity contribution is 5.92. The van der Waals surface area contributed by atoms with Gasteiger partial charge in [0.25, 0.3) is 0 Å². The summed E-state index contributed by atoms with van der Waals surface area (Å²) in [6, 6.07) is 8.23. The van der Waals surface area contributed by atoms with Crippen LogP contribution in [0.1, 0.15) is 36.6 Å². The first-order chi connectivity index (χ1) is 9.97. The van der Waals surface area contributed by atoms with Crippen molar-refractivity contribution in [2.75, 3.05) is 5.32 Å². The third kappa shape index (κ3) is 3.84. The highest BCUT2D eigenvalue weighted by atomic mass is 15.3. The highest BCUT2D eigenvalue weighted by Crippen LogP contribution is 2.18. The van der Waals surface area contributed by atoms with Crippen molar-refractivity contribution in [3.05, 3.63) is 47.3 Å². The van der Waals surface area contributed by atoms with Gasteiger partial charge in [-0.2, -0.15) is 5.10 Å². The summed E-state index contributed by atoms with van der Waals surface area (Å²) < 4.78 is 1.83. The summed E-state index contributed by atoms with van der Waals surface area (Å²) in [4.78, 5) is 4.37. The Labute approximate surface area is 125 Å². The molecule has 2 aromatic rings. The lowest BCUT2D eigenvalue weighted by Gasteiger charge is -2.10. The fourth-order valence-corrected chi connectivity index (χ4v) is 2.03. The van der Waals surface area contributed by atoms with Crippen LogP contribution >= 0.6 is 0 Å². The lowest BCUT2D eigenvalue weighted by Crippen LogP contribution is -2.22. The van der Waals surface area contributed by atoms with E-state index in [1.54, 1.807) is 0 Å². The predicted octanol–water partition coefficient (Wildman–Crippen LogP) is 2.78. The minimum absolute atomic E-state index is 0.416. The van der Waals surface area contributed by atoms with E-state index in [9.17, 15) is 0 Å². The number of nitrogens with two attached hydrogens (primary N) is 1. The van der Waals surface area contributed by atoms with Gasteiger partial charge in [0.05, 0.1) is 12.7 Å². The van der Waals surface area contributed by atoms with Crippen molar-refractivity contribution in [3.63, 3.8) is 0 Å². The fraction of sp³-hybridized carbons (Fsp3) is 0.375. The van der Waals surface area contributed by atoms with Crippen molar-refractivity contribution in [2.24, 2.45) is 17.8 Å². The molecule has 0 saturated carbocycles. The van der Waals surface area contributed by atoms with Crippen molar-refractivity contribution in [2.45, 2.75) is 33.2 Å². The molecule has 0 atom stereocenters. The van der Waals surface area contributed by atoms with Gasteiger partial charge in [-0.15, -0.1) is 0 Å². The minimum atomic E-state index is 0.416. The third-order valence-electron chi connectivity index (χ3n) is 3.58. The molecule has 0 amide bonds. The number of nitrogens with zero attached hydrogens (tertiary/aromatic N) is 3. The van der Waals surface area contributed by atoms with Crippen LogP contribution in [-0.4, -0.2) is 15.7 Å². The van der Waals surface area contributed by atoms with E-state index in [2.05, 4.69) is 41.4 Å². The molecule has 0 fully saturated rings. The second kappa shape index (κ2) is 6.43. The second-order valence-corrected chi connectivity index (χ2v) is 5.49. The van der Waals surface area contributed by atoms with Gasteiger partial charge in [0.2, 0.25) is 0 Å². The van der Waals surface area contributed by atoms with Crippen LogP contribution < -0.4 is 11.1 Å². The molecule has 0 aliphatic rings. The molecule has 0 saturated heterocycles. The Kier molecular flexibility index (Phi) is 4.62. The molecule has 0 unspecified atom stereocenters. The molecule has 112 valence electrons.